The quantitative estimate of drug-likeness (QED) is 0.681. The highest BCUT2D eigenvalue weighted by Gasteiger charge is 2.41. The number of alkyl halides is 3. The number of carbonyl (C=O) groups is 1. The minimum atomic E-state index is -5.03. The first kappa shape index (κ1) is 18.4. The Bertz CT molecular complexity index is 1130. The Labute approximate surface area is 148 Å². The molecule has 0 aliphatic rings. The number of hydrogen-bond donors (Lipinski definition) is 2. The van der Waals surface area contributed by atoms with Crippen molar-refractivity contribution in [2.45, 2.75) is 13.1 Å². The van der Waals surface area contributed by atoms with Gasteiger partial charge >= 0.3 is 17.8 Å². The van der Waals surface area contributed by atoms with E-state index in [9.17, 15) is 27.6 Å². The molecule has 0 saturated heterocycles. The first-order valence-electron chi connectivity index (χ1n) is 7.74. The number of halogens is 3. The summed E-state index contributed by atoms with van der Waals surface area (Å²) in [5.74, 6) is -1.27. The summed E-state index contributed by atoms with van der Waals surface area (Å²) in [7, 11) is 0. The van der Waals surface area contributed by atoms with E-state index in [0.717, 1.165) is 0 Å². The van der Waals surface area contributed by atoms with Gasteiger partial charge in [0.05, 0.1) is 17.6 Å². The average Bonchev–Trinajstić information content (AvgIpc) is 2.60. The van der Waals surface area contributed by atoms with Crippen molar-refractivity contribution < 1.29 is 22.7 Å². The minimum Gasteiger partial charge on any atom is -0.462 e. The molecule has 7 nitrogen and oxygen atoms in total. The fourth-order valence-electron chi connectivity index (χ4n) is 2.70. The Hall–Kier alpha value is -3.43. The van der Waals surface area contributed by atoms with Crippen molar-refractivity contribution >= 4 is 17.0 Å². The van der Waals surface area contributed by atoms with Crippen molar-refractivity contribution in [2.75, 3.05) is 6.61 Å². The zero-order valence-electron chi connectivity index (χ0n) is 13.8. The largest absolute Gasteiger partial charge is 0.462 e. The Morgan fingerprint density at radius 3 is 2.41 bits per heavy atom. The van der Waals surface area contributed by atoms with Crippen LogP contribution >= 0.6 is 0 Å². The van der Waals surface area contributed by atoms with Crippen LogP contribution in [-0.4, -0.2) is 27.5 Å². The second-order valence-electron chi connectivity index (χ2n) is 5.43. The molecule has 0 aliphatic carbocycles. The average molecular weight is 379 g/mol. The molecule has 0 bridgehead atoms. The highest BCUT2D eigenvalue weighted by atomic mass is 19.4. The van der Waals surface area contributed by atoms with Crippen molar-refractivity contribution in [1.29, 1.82) is 0 Å². The number of aromatic nitrogens is 3. The summed E-state index contributed by atoms with van der Waals surface area (Å²) < 4.78 is 45.7. The zero-order chi connectivity index (χ0) is 19.8. The molecule has 1 aromatic carbocycles. The van der Waals surface area contributed by atoms with Crippen LogP contribution < -0.4 is 11.2 Å². The molecule has 2 N–H and O–H groups in total. The number of benzene rings is 1. The normalized spacial score (nSPS) is 11.6. The van der Waals surface area contributed by atoms with E-state index >= 15 is 0 Å². The number of hydrogen-bond acceptors (Lipinski definition) is 5. The molecule has 0 unspecified atom stereocenters. The molecule has 0 radical (unpaired) electrons. The van der Waals surface area contributed by atoms with Crippen LogP contribution in [0.1, 0.15) is 23.0 Å². The number of carbonyl (C=O) groups excluding carboxylic acids is 1. The number of fused-ring (bicyclic) bond motifs is 1. The van der Waals surface area contributed by atoms with Crippen molar-refractivity contribution in [3.63, 3.8) is 0 Å². The predicted molar refractivity (Wildman–Crippen MR) is 89.4 cm³/mol. The molecule has 10 heteroatoms. The molecule has 27 heavy (non-hydrogen) atoms. The van der Waals surface area contributed by atoms with Gasteiger partial charge in [0.1, 0.15) is 5.65 Å². The first-order chi connectivity index (χ1) is 12.7. The predicted octanol–water partition coefficient (Wildman–Crippen LogP) is 2.47. The van der Waals surface area contributed by atoms with Crippen molar-refractivity contribution in [2.24, 2.45) is 0 Å². The molecule has 2 aromatic heterocycles. The fraction of sp³-hybridized carbons (Fsp3) is 0.176. The zero-order valence-corrected chi connectivity index (χ0v) is 13.8. The van der Waals surface area contributed by atoms with Crippen LogP contribution in [0.15, 0.2) is 39.9 Å². The number of H-pyrrole nitrogens is 2. The van der Waals surface area contributed by atoms with Crippen LogP contribution in [0.5, 0.6) is 0 Å². The third-order valence-electron chi connectivity index (χ3n) is 3.69. The molecule has 140 valence electrons. The van der Waals surface area contributed by atoms with Gasteiger partial charge in [-0.2, -0.15) is 13.2 Å². The number of pyridine rings is 1. The molecule has 0 amide bonds. The Balaban J connectivity index is 2.60. The molecule has 0 fully saturated rings. The van der Waals surface area contributed by atoms with Gasteiger partial charge < -0.3 is 4.74 Å². The number of esters is 1. The molecular formula is C17H12F3N3O4. The molecule has 0 spiro atoms. The molecule has 3 rings (SSSR count). The first-order valence-corrected chi connectivity index (χ1v) is 7.74. The van der Waals surface area contributed by atoms with Crippen LogP contribution in [0, 0.1) is 0 Å². The van der Waals surface area contributed by atoms with Crippen LogP contribution in [0.25, 0.3) is 22.2 Å². The molecule has 0 saturated carbocycles. The summed E-state index contributed by atoms with van der Waals surface area (Å²) in [6.07, 6.45) is -5.03. The third kappa shape index (κ3) is 3.33. The fourth-order valence-corrected chi connectivity index (χ4v) is 2.70. The second-order valence-corrected chi connectivity index (χ2v) is 5.43. The van der Waals surface area contributed by atoms with Crippen LogP contribution in [-0.2, 0) is 10.9 Å². The highest BCUT2D eigenvalue weighted by molar-refractivity contribution is 6.07. The van der Waals surface area contributed by atoms with Crippen molar-refractivity contribution in [1.82, 2.24) is 15.0 Å². The van der Waals surface area contributed by atoms with E-state index in [1.807, 2.05) is 4.98 Å². The summed E-state index contributed by atoms with van der Waals surface area (Å²) in [5, 5.41) is -0.350. The molecular weight excluding hydrogens is 367 g/mol. The summed E-state index contributed by atoms with van der Waals surface area (Å²) in [6.45, 7) is 1.26. The number of ether oxygens (including phenoxy) is 1. The molecule has 3 aromatic rings. The van der Waals surface area contributed by atoms with Crippen LogP contribution in [0.2, 0.25) is 0 Å². The van der Waals surface area contributed by atoms with Gasteiger partial charge in [-0.25, -0.2) is 14.6 Å². The summed E-state index contributed by atoms with van der Waals surface area (Å²) in [6, 6.07) is 7.55. The van der Waals surface area contributed by atoms with E-state index in [-0.39, 0.29) is 23.1 Å². The van der Waals surface area contributed by atoms with Crippen LogP contribution in [0.3, 0.4) is 0 Å². The Kier molecular flexibility index (Phi) is 4.56. The lowest BCUT2D eigenvalue weighted by Crippen LogP contribution is -2.26. The van der Waals surface area contributed by atoms with Gasteiger partial charge in [-0.3, -0.25) is 14.8 Å². The lowest BCUT2D eigenvalue weighted by Gasteiger charge is -2.17. The van der Waals surface area contributed by atoms with E-state index in [1.165, 1.54) is 31.2 Å². The van der Waals surface area contributed by atoms with Gasteiger partial charge in [-0.05, 0) is 12.5 Å². The van der Waals surface area contributed by atoms with E-state index in [0.29, 0.717) is 0 Å². The van der Waals surface area contributed by atoms with Crippen molar-refractivity contribution in [3.05, 3.63) is 62.4 Å². The number of nitrogens with one attached hydrogen (secondary N) is 2. The van der Waals surface area contributed by atoms with Gasteiger partial charge in [0.15, 0.2) is 5.69 Å². The summed E-state index contributed by atoms with van der Waals surface area (Å²) in [5.41, 5.74) is -5.16. The maximum absolute atomic E-state index is 13.6. The van der Waals surface area contributed by atoms with Gasteiger partial charge in [-0.1, -0.05) is 30.3 Å². The van der Waals surface area contributed by atoms with E-state index in [2.05, 4.69) is 9.97 Å². The smallest absolute Gasteiger partial charge is 0.434 e. The van der Waals surface area contributed by atoms with Crippen LogP contribution in [0.4, 0.5) is 13.2 Å². The van der Waals surface area contributed by atoms with E-state index < -0.39 is 40.3 Å². The lowest BCUT2D eigenvalue weighted by atomic mass is 9.95. The maximum Gasteiger partial charge on any atom is 0.434 e. The number of aromatic amines is 2. The van der Waals surface area contributed by atoms with Gasteiger partial charge in [0.25, 0.3) is 5.56 Å². The lowest BCUT2D eigenvalue weighted by molar-refractivity contribution is -0.141. The monoisotopic (exact) mass is 379 g/mol. The molecule has 0 atom stereocenters. The summed E-state index contributed by atoms with van der Waals surface area (Å²) in [4.78, 5) is 43.6. The number of nitrogens with zero attached hydrogens (tertiary/aromatic N) is 1. The van der Waals surface area contributed by atoms with Gasteiger partial charge in [-0.15, -0.1) is 0 Å². The van der Waals surface area contributed by atoms with Gasteiger partial charge in [0.2, 0.25) is 0 Å². The Morgan fingerprint density at radius 1 is 1.15 bits per heavy atom. The second kappa shape index (κ2) is 6.71. The topological polar surface area (TPSA) is 105 Å². The van der Waals surface area contributed by atoms with E-state index in [4.69, 9.17) is 4.74 Å². The molecule has 2 heterocycles. The molecule has 0 aliphatic heterocycles. The standard InChI is InChI=1S/C17H12F3N3O4/c1-2-27-15(25)10-9(8-6-4-3-5-7-8)11-13(21-12(10)17(18,19)20)22-16(26)23-14(11)24/h3-7H,2H2,1H3,(H2,21,22,23,24,26). The summed E-state index contributed by atoms with van der Waals surface area (Å²) >= 11 is 0. The Morgan fingerprint density at radius 2 is 1.81 bits per heavy atom. The minimum absolute atomic E-state index is 0.163. The van der Waals surface area contributed by atoms with E-state index in [1.54, 1.807) is 6.07 Å². The maximum atomic E-state index is 13.6. The SMILES string of the molecule is CCOC(=O)c1c(C(F)(F)F)nc2[nH]c(=O)[nH]c(=O)c2c1-c1ccccc1. The highest BCUT2D eigenvalue weighted by Crippen LogP contribution is 2.38. The number of rotatable bonds is 3. The van der Waals surface area contributed by atoms with Gasteiger partial charge in [0, 0.05) is 5.56 Å². The third-order valence-corrected chi connectivity index (χ3v) is 3.69. The van der Waals surface area contributed by atoms with Crippen molar-refractivity contribution in [3.8, 4) is 11.1 Å².